The van der Waals surface area contributed by atoms with Gasteiger partial charge >= 0.3 is 5.69 Å². The molecule has 7 nitrogen and oxygen atoms in total. The van der Waals surface area contributed by atoms with Gasteiger partial charge in [-0.15, -0.1) is 0 Å². The van der Waals surface area contributed by atoms with Crippen molar-refractivity contribution in [2.75, 3.05) is 0 Å². The highest BCUT2D eigenvalue weighted by Gasteiger charge is 2.27. The van der Waals surface area contributed by atoms with Crippen molar-refractivity contribution in [1.29, 1.82) is 0 Å². The Morgan fingerprint density at radius 1 is 1.42 bits per heavy atom. The molecule has 4 N–H and O–H groups in total. The second-order valence-electron chi connectivity index (χ2n) is 4.77. The van der Waals surface area contributed by atoms with Crippen LogP contribution >= 0.6 is 0 Å². The minimum Gasteiger partial charge on any atom is -0.494 e. The molecule has 1 atom stereocenters. The number of nitrogens with two attached hydrogens (primary N) is 1. The summed E-state index contributed by atoms with van der Waals surface area (Å²) in [4.78, 5) is 37.0. The number of aromatic amines is 1. The average molecular weight is 269 g/mol. The fraction of sp³-hybridized carbons (Fsp3) is 0.583. The van der Waals surface area contributed by atoms with E-state index in [9.17, 15) is 19.5 Å². The maximum atomic E-state index is 11.8. The van der Waals surface area contributed by atoms with Crippen molar-refractivity contribution >= 4 is 5.91 Å². The van der Waals surface area contributed by atoms with Crippen molar-refractivity contribution in [1.82, 2.24) is 9.55 Å². The molecule has 1 aromatic rings. The quantitative estimate of drug-likeness (QED) is 0.690. The standard InChI is InChI=1S/C12H19N3O4/c1-4-5-7-10(17)14-12(19)15(11(7)18)8(6(2)3)9(13)16/h6,8,18H,4-5H2,1-3H3,(H2,13,16)(H,14,17,19). The van der Waals surface area contributed by atoms with Gasteiger partial charge in [0, 0.05) is 0 Å². The van der Waals surface area contributed by atoms with E-state index >= 15 is 0 Å². The largest absolute Gasteiger partial charge is 0.494 e. The first-order valence-electron chi connectivity index (χ1n) is 6.17. The van der Waals surface area contributed by atoms with Gasteiger partial charge in [0.25, 0.3) is 5.56 Å². The number of rotatable bonds is 5. The lowest BCUT2D eigenvalue weighted by Crippen LogP contribution is -2.41. The van der Waals surface area contributed by atoms with E-state index in [1.165, 1.54) is 0 Å². The van der Waals surface area contributed by atoms with E-state index in [-0.39, 0.29) is 11.5 Å². The summed E-state index contributed by atoms with van der Waals surface area (Å²) in [6.07, 6.45) is 0.933. The van der Waals surface area contributed by atoms with Gasteiger partial charge in [-0.1, -0.05) is 27.2 Å². The van der Waals surface area contributed by atoms with E-state index in [4.69, 9.17) is 5.73 Å². The van der Waals surface area contributed by atoms with Gasteiger partial charge in [0.15, 0.2) is 0 Å². The van der Waals surface area contributed by atoms with Crippen molar-refractivity contribution < 1.29 is 9.90 Å². The highest BCUT2D eigenvalue weighted by Crippen LogP contribution is 2.22. The SMILES string of the molecule is CCCc1c(O)n(C(C(N)=O)C(C)C)c(=O)[nH]c1=O. The molecule has 0 bridgehead atoms. The number of H-pyrrole nitrogens is 1. The first-order chi connectivity index (χ1) is 8.81. The number of amides is 1. The van der Waals surface area contributed by atoms with Crippen LogP contribution in [0.4, 0.5) is 0 Å². The third-order valence-corrected chi connectivity index (χ3v) is 2.91. The molecule has 0 fully saturated rings. The van der Waals surface area contributed by atoms with Crippen LogP contribution in [0.15, 0.2) is 9.59 Å². The zero-order chi connectivity index (χ0) is 14.7. The fourth-order valence-corrected chi connectivity index (χ4v) is 2.06. The molecule has 1 heterocycles. The molecule has 1 unspecified atom stereocenters. The molecule has 1 aromatic heterocycles. The van der Waals surface area contributed by atoms with Crippen molar-refractivity contribution in [3.05, 3.63) is 26.4 Å². The molecule has 0 aliphatic rings. The highest BCUT2D eigenvalue weighted by atomic mass is 16.3. The van der Waals surface area contributed by atoms with E-state index in [1.807, 2.05) is 6.92 Å². The summed E-state index contributed by atoms with van der Waals surface area (Å²) >= 11 is 0. The van der Waals surface area contributed by atoms with E-state index in [0.29, 0.717) is 12.8 Å². The molecular weight excluding hydrogens is 250 g/mol. The van der Waals surface area contributed by atoms with E-state index < -0.39 is 29.1 Å². The first kappa shape index (κ1) is 15.0. The van der Waals surface area contributed by atoms with Crippen LogP contribution in [0.3, 0.4) is 0 Å². The van der Waals surface area contributed by atoms with Gasteiger partial charge in [-0.3, -0.25) is 19.1 Å². The number of primary amides is 1. The minimum atomic E-state index is -1.00. The van der Waals surface area contributed by atoms with Crippen molar-refractivity contribution in [2.45, 2.75) is 39.7 Å². The van der Waals surface area contributed by atoms with Gasteiger partial charge in [0.05, 0.1) is 5.56 Å². The van der Waals surface area contributed by atoms with Crippen molar-refractivity contribution in [3.63, 3.8) is 0 Å². The molecule has 0 aromatic carbocycles. The zero-order valence-electron chi connectivity index (χ0n) is 11.3. The maximum Gasteiger partial charge on any atom is 0.331 e. The van der Waals surface area contributed by atoms with Gasteiger partial charge in [-0.2, -0.15) is 0 Å². The Labute approximate surface area is 110 Å². The van der Waals surface area contributed by atoms with Crippen LogP contribution in [0.2, 0.25) is 0 Å². The molecule has 0 aliphatic heterocycles. The number of hydrogen-bond donors (Lipinski definition) is 3. The van der Waals surface area contributed by atoms with Gasteiger partial charge in [-0.25, -0.2) is 4.79 Å². The molecule has 1 amide bonds. The fourth-order valence-electron chi connectivity index (χ4n) is 2.06. The summed E-state index contributed by atoms with van der Waals surface area (Å²) < 4.78 is 0.861. The average Bonchev–Trinajstić information content (AvgIpc) is 2.28. The van der Waals surface area contributed by atoms with Crippen molar-refractivity contribution in [2.24, 2.45) is 11.7 Å². The number of nitrogens with one attached hydrogen (secondary N) is 1. The molecule has 0 saturated heterocycles. The predicted octanol–water partition coefficient (Wildman–Crippen LogP) is -0.123. The maximum absolute atomic E-state index is 11.8. The Hall–Kier alpha value is -2.05. The molecule has 106 valence electrons. The molecular formula is C12H19N3O4. The lowest BCUT2D eigenvalue weighted by molar-refractivity contribution is -0.122. The molecule has 0 radical (unpaired) electrons. The van der Waals surface area contributed by atoms with Gasteiger partial charge in [0.1, 0.15) is 6.04 Å². The second kappa shape index (κ2) is 5.73. The summed E-state index contributed by atoms with van der Waals surface area (Å²) in [6, 6.07) is -1.00. The van der Waals surface area contributed by atoms with Crippen LogP contribution < -0.4 is 17.0 Å². The molecule has 0 aliphatic carbocycles. The lowest BCUT2D eigenvalue weighted by atomic mass is 10.0. The second-order valence-corrected chi connectivity index (χ2v) is 4.77. The molecule has 1 rings (SSSR count). The van der Waals surface area contributed by atoms with E-state index in [1.54, 1.807) is 13.8 Å². The highest BCUT2D eigenvalue weighted by molar-refractivity contribution is 5.78. The van der Waals surface area contributed by atoms with Gasteiger partial charge in [-0.05, 0) is 12.3 Å². The summed E-state index contributed by atoms with van der Waals surface area (Å²) in [7, 11) is 0. The van der Waals surface area contributed by atoms with Crippen LogP contribution in [-0.4, -0.2) is 20.6 Å². The number of nitrogens with zero attached hydrogens (tertiary/aromatic N) is 1. The lowest BCUT2D eigenvalue weighted by Gasteiger charge is -2.21. The number of hydrogen-bond acceptors (Lipinski definition) is 4. The first-order valence-corrected chi connectivity index (χ1v) is 6.17. The Morgan fingerprint density at radius 2 is 2.00 bits per heavy atom. The van der Waals surface area contributed by atoms with Crippen LogP contribution in [0, 0.1) is 5.92 Å². The van der Waals surface area contributed by atoms with Crippen LogP contribution in [0.5, 0.6) is 5.88 Å². The summed E-state index contributed by atoms with van der Waals surface area (Å²) in [5, 5.41) is 10.1. The van der Waals surface area contributed by atoms with Crippen LogP contribution in [0.1, 0.15) is 38.8 Å². The number of carbonyl (C=O) groups excluding carboxylic acids is 1. The molecule has 19 heavy (non-hydrogen) atoms. The number of aromatic nitrogens is 2. The van der Waals surface area contributed by atoms with Crippen LogP contribution in [-0.2, 0) is 11.2 Å². The Balaban J connectivity index is 3.59. The Morgan fingerprint density at radius 3 is 2.42 bits per heavy atom. The Bertz CT molecular complexity index is 586. The van der Waals surface area contributed by atoms with E-state index in [0.717, 1.165) is 4.57 Å². The van der Waals surface area contributed by atoms with Crippen molar-refractivity contribution in [3.8, 4) is 5.88 Å². The summed E-state index contributed by atoms with van der Waals surface area (Å²) in [6.45, 7) is 5.24. The van der Waals surface area contributed by atoms with Gasteiger partial charge in [0.2, 0.25) is 11.8 Å². The van der Waals surface area contributed by atoms with Gasteiger partial charge < -0.3 is 10.8 Å². The molecule has 0 spiro atoms. The number of carbonyl (C=O) groups is 1. The number of aromatic hydroxyl groups is 1. The smallest absolute Gasteiger partial charge is 0.331 e. The third kappa shape index (κ3) is 2.86. The monoisotopic (exact) mass is 269 g/mol. The minimum absolute atomic E-state index is 0.0917. The normalized spacial score (nSPS) is 12.6. The van der Waals surface area contributed by atoms with Crippen LogP contribution in [0.25, 0.3) is 0 Å². The molecule has 0 saturated carbocycles. The zero-order valence-corrected chi connectivity index (χ0v) is 11.3. The van der Waals surface area contributed by atoms with E-state index in [2.05, 4.69) is 4.98 Å². The predicted molar refractivity (Wildman–Crippen MR) is 70.1 cm³/mol. The Kier molecular flexibility index (Phi) is 4.52. The summed E-state index contributed by atoms with van der Waals surface area (Å²) in [5.74, 6) is -1.50. The molecule has 7 heteroatoms. The third-order valence-electron chi connectivity index (χ3n) is 2.91. The summed E-state index contributed by atoms with van der Waals surface area (Å²) in [5.41, 5.74) is 3.89. The topological polar surface area (TPSA) is 118 Å².